The van der Waals surface area contributed by atoms with Crippen LogP contribution in [-0.4, -0.2) is 26.2 Å². The molecule has 4 nitrogen and oxygen atoms in total. The van der Waals surface area contributed by atoms with Crippen LogP contribution in [0, 0.1) is 0 Å². The minimum absolute atomic E-state index is 0.597. The summed E-state index contributed by atoms with van der Waals surface area (Å²) in [5.74, 6) is 0. The summed E-state index contributed by atoms with van der Waals surface area (Å²) in [7, 11) is 0. The number of nitrogens with one attached hydrogen (secondary N) is 1. The summed E-state index contributed by atoms with van der Waals surface area (Å²) in [4.78, 5) is 0. The Morgan fingerprint density at radius 3 is 1.93 bits per heavy atom. The second-order valence-corrected chi connectivity index (χ2v) is 3.03. The fraction of sp³-hybridized carbons (Fsp3) is 0.455. The van der Waals surface area contributed by atoms with Gasteiger partial charge in [0, 0.05) is 32.7 Å². The van der Waals surface area contributed by atoms with Crippen molar-refractivity contribution in [2.24, 2.45) is 17.2 Å². The van der Waals surface area contributed by atoms with Gasteiger partial charge in [0.1, 0.15) is 0 Å². The predicted molar refractivity (Wildman–Crippen MR) is 65.3 cm³/mol. The highest BCUT2D eigenvalue weighted by Gasteiger charge is 1.87. The van der Waals surface area contributed by atoms with Gasteiger partial charge in [0.25, 0.3) is 0 Å². The summed E-state index contributed by atoms with van der Waals surface area (Å²) in [5, 5.41) is 3.23. The standard InChI is InChI=1S/C9H14N2.C2H8N2/c10-6-7-11-8-9-4-2-1-3-5-9;3-1-2-4/h1-5,11H,6-8,10H2;1-4H2. The van der Waals surface area contributed by atoms with Gasteiger partial charge in [-0.3, -0.25) is 0 Å². The fourth-order valence-corrected chi connectivity index (χ4v) is 0.931. The molecule has 86 valence electrons. The molecule has 0 aliphatic carbocycles. The van der Waals surface area contributed by atoms with E-state index in [9.17, 15) is 0 Å². The number of hydrogen-bond acceptors (Lipinski definition) is 4. The summed E-state index contributed by atoms with van der Waals surface area (Å²) < 4.78 is 0. The van der Waals surface area contributed by atoms with Crippen molar-refractivity contribution in [3.8, 4) is 0 Å². The van der Waals surface area contributed by atoms with Gasteiger partial charge in [-0.25, -0.2) is 0 Å². The summed E-state index contributed by atoms with van der Waals surface area (Å²) in [6.07, 6.45) is 0. The molecule has 0 radical (unpaired) electrons. The Kier molecular flexibility index (Phi) is 10.4. The first kappa shape index (κ1) is 14.1. The van der Waals surface area contributed by atoms with Crippen molar-refractivity contribution >= 4 is 0 Å². The Labute approximate surface area is 91.8 Å². The van der Waals surface area contributed by atoms with Crippen molar-refractivity contribution in [3.05, 3.63) is 35.9 Å². The lowest BCUT2D eigenvalue weighted by atomic mass is 10.2. The van der Waals surface area contributed by atoms with E-state index in [0.717, 1.165) is 13.1 Å². The van der Waals surface area contributed by atoms with E-state index in [1.54, 1.807) is 0 Å². The molecule has 7 N–H and O–H groups in total. The van der Waals surface area contributed by atoms with Crippen LogP contribution in [0.2, 0.25) is 0 Å². The number of nitrogens with two attached hydrogens (primary N) is 3. The van der Waals surface area contributed by atoms with E-state index in [1.165, 1.54) is 5.56 Å². The maximum absolute atomic E-state index is 5.33. The number of rotatable bonds is 5. The van der Waals surface area contributed by atoms with E-state index in [4.69, 9.17) is 17.2 Å². The molecule has 0 atom stereocenters. The molecule has 0 amide bonds. The highest BCUT2D eigenvalue weighted by molar-refractivity contribution is 5.14. The lowest BCUT2D eigenvalue weighted by molar-refractivity contribution is 0.695. The van der Waals surface area contributed by atoms with E-state index in [1.807, 2.05) is 18.2 Å². The van der Waals surface area contributed by atoms with Gasteiger partial charge in [0.2, 0.25) is 0 Å². The quantitative estimate of drug-likeness (QED) is 0.500. The zero-order chi connectivity index (χ0) is 11.4. The van der Waals surface area contributed by atoms with Crippen LogP contribution in [0.15, 0.2) is 30.3 Å². The predicted octanol–water partition coefficient (Wildman–Crippen LogP) is -0.361. The minimum Gasteiger partial charge on any atom is -0.329 e. The molecule has 0 saturated carbocycles. The van der Waals surface area contributed by atoms with Crippen LogP contribution in [0.4, 0.5) is 0 Å². The first-order valence-corrected chi connectivity index (χ1v) is 5.20. The first-order chi connectivity index (χ1) is 7.35. The Morgan fingerprint density at radius 1 is 0.867 bits per heavy atom. The van der Waals surface area contributed by atoms with Crippen molar-refractivity contribution in [3.63, 3.8) is 0 Å². The third-order valence-corrected chi connectivity index (χ3v) is 1.66. The van der Waals surface area contributed by atoms with Gasteiger partial charge in [0.05, 0.1) is 0 Å². The fourth-order valence-electron chi connectivity index (χ4n) is 0.931. The van der Waals surface area contributed by atoms with E-state index < -0.39 is 0 Å². The minimum atomic E-state index is 0.597. The molecule has 0 spiro atoms. The molecule has 0 unspecified atom stereocenters. The van der Waals surface area contributed by atoms with Crippen LogP contribution in [0.3, 0.4) is 0 Å². The average molecular weight is 210 g/mol. The molecule has 0 heterocycles. The van der Waals surface area contributed by atoms with Crippen LogP contribution in [0.25, 0.3) is 0 Å². The van der Waals surface area contributed by atoms with Crippen LogP contribution in [-0.2, 0) is 6.54 Å². The molecule has 4 heteroatoms. The van der Waals surface area contributed by atoms with E-state index >= 15 is 0 Å². The lowest BCUT2D eigenvalue weighted by Crippen LogP contribution is -2.21. The molecule has 1 rings (SSSR count). The molecule has 0 aromatic heterocycles. The molecular weight excluding hydrogens is 188 g/mol. The third kappa shape index (κ3) is 9.37. The van der Waals surface area contributed by atoms with Gasteiger partial charge in [-0.2, -0.15) is 0 Å². The van der Waals surface area contributed by atoms with Crippen LogP contribution < -0.4 is 22.5 Å². The molecule has 0 aliphatic rings. The van der Waals surface area contributed by atoms with Crippen molar-refractivity contribution in [1.82, 2.24) is 5.32 Å². The molecule has 15 heavy (non-hydrogen) atoms. The van der Waals surface area contributed by atoms with Crippen LogP contribution >= 0.6 is 0 Å². The monoisotopic (exact) mass is 210 g/mol. The Bertz CT molecular complexity index is 211. The average Bonchev–Trinajstić information content (AvgIpc) is 2.31. The first-order valence-electron chi connectivity index (χ1n) is 5.20. The van der Waals surface area contributed by atoms with Crippen molar-refractivity contribution in [2.75, 3.05) is 26.2 Å². The van der Waals surface area contributed by atoms with Gasteiger partial charge in [-0.05, 0) is 5.56 Å². The maximum Gasteiger partial charge on any atom is 0.0206 e. The van der Waals surface area contributed by atoms with Gasteiger partial charge in [-0.1, -0.05) is 30.3 Å². The Morgan fingerprint density at radius 2 is 1.47 bits per heavy atom. The van der Waals surface area contributed by atoms with Gasteiger partial charge >= 0.3 is 0 Å². The molecular formula is C11H22N4. The molecule has 0 saturated heterocycles. The zero-order valence-corrected chi connectivity index (χ0v) is 9.15. The van der Waals surface area contributed by atoms with Gasteiger partial charge in [0.15, 0.2) is 0 Å². The molecule has 1 aromatic rings. The Balaban J connectivity index is 0.000000423. The summed E-state index contributed by atoms with van der Waals surface area (Å²) in [6, 6.07) is 10.3. The molecule has 1 aromatic carbocycles. The smallest absolute Gasteiger partial charge is 0.0206 e. The van der Waals surface area contributed by atoms with Crippen LogP contribution in [0.5, 0.6) is 0 Å². The third-order valence-electron chi connectivity index (χ3n) is 1.66. The largest absolute Gasteiger partial charge is 0.329 e. The Hall–Kier alpha value is -0.940. The van der Waals surface area contributed by atoms with E-state index in [2.05, 4.69) is 17.4 Å². The summed E-state index contributed by atoms with van der Waals surface area (Å²) in [5.41, 5.74) is 16.4. The summed E-state index contributed by atoms with van der Waals surface area (Å²) in [6.45, 7) is 3.69. The second-order valence-electron chi connectivity index (χ2n) is 3.03. The number of hydrogen-bond donors (Lipinski definition) is 4. The highest BCUT2D eigenvalue weighted by Crippen LogP contribution is 1.96. The van der Waals surface area contributed by atoms with Crippen LogP contribution in [0.1, 0.15) is 5.56 Å². The zero-order valence-electron chi connectivity index (χ0n) is 9.15. The van der Waals surface area contributed by atoms with Gasteiger partial charge in [-0.15, -0.1) is 0 Å². The topological polar surface area (TPSA) is 90.1 Å². The van der Waals surface area contributed by atoms with Gasteiger partial charge < -0.3 is 22.5 Å². The molecule has 0 bridgehead atoms. The molecule has 0 aliphatic heterocycles. The summed E-state index contributed by atoms with van der Waals surface area (Å²) >= 11 is 0. The van der Waals surface area contributed by atoms with Crippen molar-refractivity contribution < 1.29 is 0 Å². The maximum atomic E-state index is 5.33. The highest BCUT2D eigenvalue weighted by atomic mass is 14.9. The number of benzene rings is 1. The van der Waals surface area contributed by atoms with Crippen molar-refractivity contribution in [1.29, 1.82) is 0 Å². The SMILES string of the molecule is NCCN.NCCNCc1ccccc1. The van der Waals surface area contributed by atoms with E-state index in [-0.39, 0.29) is 0 Å². The second kappa shape index (κ2) is 11.1. The van der Waals surface area contributed by atoms with Crippen molar-refractivity contribution in [2.45, 2.75) is 6.54 Å². The normalized spacial score (nSPS) is 9.27. The lowest BCUT2D eigenvalue weighted by Gasteiger charge is -2.01. The molecule has 0 fully saturated rings. The van der Waals surface area contributed by atoms with E-state index in [0.29, 0.717) is 19.6 Å².